The molecule has 0 aliphatic rings. The summed E-state index contributed by atoms with van der Waals surface area (Å²) in [5.41, 5.74) is -0.735. The average molecular weight is 283 g/mol. The molecule has 0 unspecified atom stereocenters. The lowest BCUT2D eigenvalue weighted by Gasteiger charge is -2.22. The van der Waals surface area contributed by atoms with Gasteiger partial charge in [-0.15, -0.1) is 0 Å². The maximum absolute atomic E-state index is 10.9. The summed E-state index contributed by atoms with van der Waals surface area (Å²) in [6.07, 6.45) is 0.512. The summed E-state index contributed by atoms with van der Waals surface area (Å²) in [7, 11) is 1.56. The first-order valence-corrected chi connectivity index (χ1v) is 5.96. The summed E-state index contributed by atoms with van der Waals surface area (Å²) in [5.74, 6) is -1.22. The number of methoxy groups -OCH3 is 1. The Morgan fingerprint density at radius 2 is 2.10 bits per heavy atom. The molecule has 0 amide bonds. The minimum absolute atomic E-state index is 0.0539. The number of nitrogens with zero attached hydrogens (tertiary/aromatic N) is 1. The first-order chi connectivity index (χ1) is 9.26. The zero-order valence-electron chi connectivity index (χ0n) is 11.6. The molecule has 0 aromatic heterocycles. The maximum Gasteiger partial charge on any atom is 0.335 e. The molecule has 20 heavy (non-hydrogen) atoms. The summed E-state index contributed by atoms with van der Waals surface area (Å²) in [4.78, 5) is 21.1. The van der Waals surface area contributed by atoms with Crippen LogP contribution < -0.4 is 4.74 Å². The van der Waals surface area contributed by atoms with E-state index in [1.807, 2.05) is 13.8 Å². The van der Waals surface area contributed by atoms with E-state index in [0.717, 1.165) is 12.1 Å². The fraction of sp³-hybridized carbons (Fsp3) is 0.462. The highest BCUT2D eigenvalue weighted by molar-refractivity contribution is 5.88. The number of carboxylic acids is 1. The number of benzene rings is 1. The van der Waals surface area contributed by atoms with Crippen molar-refractivity contribution in [3.63, 3.8) is 0 Å². The Kier molecular flexibility index (Phi) is 5.04. The van der Waals surface area contributed by atoms with Crippen LogP contribution in [0.5, 0.6) is 5.75 Å². The van der Waals surface area contributed by atoms with Crippen molar-refractivity contribution in [3.8, 4) is 5.75 Å². The van der Waals surface area contributed by atoms with Crippen molar-refractivity contribution in [2.24, 2.45) is 0 Å². The molecule has 0 aliphatic heterocycles. The predicted octanol–water partition coefficient (Wildman–Crippen LogP) is 2.49. The second-order valence-corrected chi connectivity index (χ2v) is 4.81. The van der Waals surface area contributed by atoms with E-state index in [1.54, 1.807) is 7.11 Å². The number of nitro groups is 1. The molecule has 7 heteroatoms. The Hall–Kier alpha value is -2.15. The molecule has 0 heterocycles. The largest absolute Gasteiger partial charge is 0.487 e. The Morgan fingerprint density at radius 3 is 2.60 bits per heavy atom. The maximum atomic E-state index is 10.9. The van der Waals surface area contributed by atoms with Gasteiger partial charge in [0.1, 0.15) is 0 Å². The lowest BCUT2D eigenvalue weighted by molar-refractivity contribution is -0.385. The highest BCUT2D eigenvalue weighted by Crippen LogP contribution is 2.28. The van der Waals surface area contributed by atoms with Gasteiger partial charge in [-0.1, -0.05) is 0 Å². The lowest BCUT2D eigenvalue weighted by Crippen LogP contribution is -2.25. The van der Waals surface area contributed by atoms with Crippen LogP contribution in [0.15, 0.2) is 18.2 Å². The van der Waals surface area contributed by atoms with Crippen LogP contribution >= 0.6 is 0 Å². The summed E-state index contributed by atoms with van der Waals surface area (Å²) < 4.78 is 10.5. The van der Waals surface area contributed by atoms with Gasteiger partial charge in [0.15, 0.2) is 5.75 Å². The molecular formula is C13H17NO6. The van der Waals surface area contributed by atoms with Crippen LogP contribution in [-0.2, 0) is 4.74 Å². The van der Waals surface area contributed by atoms with Crippen molar-refractivity contribution in [2.75, 3.05) is 13.7 Å². The van der Waals surface area contributed by atoms with Crippen LogP contribution in [0.25, 0.3) is 0 Å². The molecular weight excluding hydrogens is 266 g/mol. The summed E-state index contributed by atoms with van der Waals surface area (Å²) in [6.45, 7) is 3.90. The van der Waals surface area contributed by atoms with E-state index in [0.29, 0.717) is 6.42 Å². The van der Waals surface area contributed by atoms with Gasteiger partial charge in [-0.2, -0.15) is 0 Å². The van der Waals surface area contributed by atoms with E-state index in [4.69, 9.17) is 14.6 Å². The highest BCUT2D eigenvalue weighted by atomic mass is 16.6. The number of ether oxygens (including phenoxy) is 2. The van der Waals surface area contributed by atoms with E-state index in [9.17, 15) is 14.9 Å². The smallest absolute Gasteiger partial charge is 0.335 e. The van der Waals surface area contributed by atoms with Gasteiger partial charge in [0.05, 0.1) is 22.7 Å². The second kappa shape index (κ2) is 6.33. The summed E-state index contributed by atoms with van der Waals surface area (Å²) in [5, 5.41) is 19.8. The molecule has 0 saturated carbocycles. The molecule has 1 aromatic carbocycles. The molecule has 110 valence electrons. The molecule has 0 bridgehead atoms. The van der Waals surface area contributed by atoms with Crippen molar-refractivity contribution < 1.29 is 24.3 Å². The number of carbonyl (C=O) groups is 1. The number of aromatic carboxylic acids is 1. The average Bonchev–Trinajstić information content (AvgIpc) is 2.38. The standard InChI is InChI=1S/C13H17NO6/c1-13(2,19-3)6-7-20-11-8-9(12(15)16)4-5-10(11)14(17)18/h4-5,8H,6-7H2,1-3H3,(H,15,16). The van der Waals surface area contributed by atoms with Gasteiger partial charge in [-0.25, -0.2) is 4.79 Å². The minimum atomic E-state index is -1.16. The Morgan fingerprint density at radius 1 is 1.45 bits per heavy atom. The number of rotatable bonds is 7. The SMILES string of the molecule is COC(C)(C)CCOc1cc(C(=O)O)ccc1[N+](=O)[O-]. The molecule has 0 aliphatic carbocycles. The van der Waals surface area contributed by atoms with Crippen LogP contribution in [0.1, 0.15) is 30.6 Å². The van der Waals surface area contributed by atoms with Crippen molar-refractivity contribution >= 4 is 11.7 Å². The zero-order valence-corrected chi connectivity index (χ0v) is 11.6. The Labute approximate surface area is 116 Å². The molecule has 0 atom stereocenters. The van der Waals surface area contributed by atoms with E-state index < -0.39 is 16.5 Å². The quantitative estimate of drug-likeness (QED) is 0.609. The van der Waals surface area contributed by atoms with Crippen molar-refractivity contribution in [1.29, 1.82) is 0 Å². The number of carboxylic acid groups (broad SMARTS) is 1. The van der Waals surface area contributed by atoms with Gasteiger partial charge in [0.2, 0.25) is 0 Å². The molecule has 7 nitrogen and oxygen atoms in total. The molecule has 0 fully saturated rings. The highest BCUT2D eigenvalue weighted by Gasteiger charge is 2.20. The van der Waals surface area contributed by atoms with E-state index in [1.165, 1.54) is 6.07 Å². The van der Waals surface area contributed by atoms with Crippen LogP contribution in [-0.4, -0.2) is 35.3 Å². The molecule has 1 rings (SSSR count). The van der Waals surface area contributed by atoms with Crippen LogP contribution in [0, 0.1) is 10.1 Å². The zero-order chi connectivity index (χ0) is 15.3. The van der Waals surface area contributed by atoms with Gasteiger partial charge in [-0.05, 0) is 19.9 Å². The van der Waals surface area contributed by atoms with Crippen molar-refractivity contribution in [3.05, 3.63) is 33.9 Å². The first kappa shape index (κ1) is 15.9. The molecule has 0 saturated heterocycles. The van der Waals surface area contributed by atoms with Gasteiger partial charge < -0.3 is 14.6 Å². The number of hydrogen-bond acceptors (Lipinski definition) is 5. The monoisotopic (exact) mass is 283 g/mol. The second-order valence-electron chi connectivity index (χ2n) is 4.81. The number of hydrogen-bond donors (Lipinski definition) is 1. The molecule has 0 radical (unpaired) electrons. The third-order valence-corrected chi connectivity index (χ3v) is 2.92. The van der Waals surface area contributed by atoms with E-state index in [2.05, 4.69) is 0 Å². The first-order valence-electron chi connectivity index (χ1n) is 5.96. The van der Waals surface area contributed by atoms with Gasteiger partial charge in [-0.3, -0.25) is 10.1 Å². The third-order valence-electron chi connectivity index (χ3n) is 2.92. The van der Waals surface area contributed by atoms with Gasteiger partial charge in [0, 0.05) is 25.7 Å². The minimum Gasteiger partial charge on any atom is -0.487 e. The van der Waals surface area contributed by atoms with Gasteiger partial charge >= 0.3 is 11.7 Å². The van der Waals surface area contributed by atoms with Crippen molar-refractivity contribution in [1.82, 2.24) is 0 Å². The Balaban J connectivity index is 2.88. The van der Waals surface area contributed by atoms with E-state index in [-0.39, 0.29) is 23.6 Å². The predicted molar refractivity (Wildman–Crippen MR) is 71.3 cm³/mol. The van der Waals surface area contributed by atoms with Crippen LogP contribution in [0.2, 0.25) is 0 Å². The third kappa shape index (κ3) is 4.20. The topological polar surface area (TPSA) is 98.9 Å². The molecule has 1 aromatic rings. The molecule has 1 N–H and O–H groups in total. The molecule has 0 spiro atoms. The number of nitro benzene ring substituents is 1. The lowest BCUT2D eigenvalue weighted by atomic mass is 10.1. The van der Waals surface area contributed by atoms with Crippen LogP contribution in [0.3, 0.4) is 0 Å². The van der Waals surface area contributed by atoms with Crippen LogP contribution in [0.4, 0.5) is 5.69 Å². The summed E-state index contributed by atoms with van der Waals surface area (Å²) >= 11 is 0. The van der Waals surface area contributed by atoms with Crippen molar-refractivity contribution in [2.45, 2.75) is 25.9 Å². The fourth-order valence-corrected chi connectivity index (χ4v) is 1.42. The van der Waals surface area contributed by atoms with Gasteiger partial charge in [0.25, 0.3) is 0 Å². The van der Waals surface area contributed by atoms with E-state index >= 15 is 0 Å². The fourth-order valence-electron chi connectivity index (χ4n) is 1.42. The summed E-state index contributed by atoms with van der Waals surface area (Å²) in [6, 6.07) is 3.45. The Bertz CT molecular complexity index is 512. The normalized spacial score (nSPS) is 11.2.